The zero-order chi connectivity index (χ0) is 12.9. The second-order valence-corrected chi connectivity index (χ2v) is 4.86. The fourth-order valence-corrected chi connectivity index (χ4v) is 1.50. The molecule has 1 aromatic carbocycles. The molecule has 17 heavy (non-hydrogen) atoms. The first-order valence-electron chi connectivity index (χ1n) is 5.85. The summed E-state index contributed by atoms with van der Waals surface area (Å²) in [6.45, 7) is 5.65. The highest BCUT2D eigenvalue weighted by Gasteiger charge is 2.21. The molecule has 92 valence electrons. The molecule has 0 fully saturated rings. The molecule has 0 saturated heterocycles. The number of hydrogen-bond donors (Lipinski definition) is 1. The Kier molecular flexibility index (Phi) is 5.02. The molecular weight excluding hydrogens is 232 g/mol. The summed E-state index contributed by atoms with van der Waals surface area (Å²) in [5.41, 5.74) is 4.44. The average molecular weight is 251 g/mol. The van der Waals surface area contributed by atoms with Gasteiger partial charge in [0.05, 0.1) is 5.03 Å². The zero-order valence-electron chi connectivity index (χ0n) is 10.6. The fourth-order valence-electron chi connectivity index (χ4n) is 1.29. The maximum atomic E-state index is 9.87. The highest BCUT2D eigenvalue weighted by Crippen LogP contribution is 2.22. The molecule has 0 aromatic heterocycles. The van der Waals surface area contributed by atoms with Crippen LogP contribution in [0.15, 0.2) is 41.1 Å². The van der Waals surface area contributed by atoms with E-state index in [1.807, 2.05) is 13.0 Å². The first-order valence-corrected chi connectivity index (χ1v) is 6.22. The predicted octanol–water partition coefficient (Wildman–Crippen LogP) is 3.98. The Morgan fingerprint density at radius 3 is 2.53 bits per heavy atom. The maximum Gasteiger partial charge on any atom is 0.104 e. The average Bonchev–Trinajstić information content (AvgIpc) is 2.31. The predicted molar refractivity (Wildman–Crippen MR) is 73.2 cm³/mol. The molecule has 1 rings (SSSR count). The van der Waals surface area contributed by atoms with E-state index in [9.17, 15) is 5.11 Å². The minimum absolute atomic E-state index is 0.368. The van der Waals surface area contributed by atoms with Crippen molar-refractivity contribution in [2.24, 2.45) is 0 Å². The Balaban J connectivity index is 2.73. The van der Waals surface area contributed by atoms with Gasteiger partial charge in [0.25, 0.3) is 0 Å². The van der Waals surface area contributed by atoms with E-state index in [2.05, 4.69) is 36.9 Å². The molecule has 0 saturated carbocycles. The molecule has 0 aliphatic heterocycles. The Hall–Kier alpha value is -1.01. The van der Waals surface area contributed by atoms with Crippen LogP contribution in [0.4, 0.5) is 0 Å². The number of aryl methyl sites for hydroxylation is 1. The standard InChI is InChI=1S/C15H19ClO/c1-4-15(3,17)14(16)7-5-6-13-10-8-12(2)9-11-13/h5,8-11,17H,4,6H2,1-3H3. The van der Waals surface area contributed by atoms with E-state index >= 15 is 0 Å². The molecule has 2 heteroatoms. The molecule has 0 bridgehead atoms. The van der Waals surface area contributed by atoms with Crippen LogP contribution in [0.2, 0.25) is 0 Å². The summed E-state index contributed by atoms with van der Waals surface area (Å²) < 4.78 is 0. The van der Waals surface area contributed by atoms with Gasteiger partial charge in [0.1, 0.15) is 5.60 Å². The van der Waals surface area contributed by atoms with Gasteiger partial charge in [0.15, 0.2) is 0 Å². The van der Waals surface area contributed by atoms with Gasteiger partial charge in [-0.1, -0.05) is 48.4 Å². The molecule has 0 aliphatic rings. The second-order valence-electron chi connectivity index (χ2n) is 4.48. The molecule has 0 aliphatic carbocycles. The van der Waals surface area contributed by atoms with Crippen LogP contribution < -0.4 is 0 Å². The van der Waals surface area contributed by atoms with Crippen LogP contribution in [0.3, 0.4) is 0 Å². The smallest absolute Gasteiger partial charge is 0.104 e. The summed E-state index contributed by atoms with van der Waals surface area (Å²) in [5, 5.41) is 10.2. The highest BCUT2D eigenvalue weighted by molar-refractivity contribution is 6.30. The topological polar surface area (TPSA) is 20.2 Å². The van der Waals surface area contributed by atoms with Crippen LogP contribution in [0.25, 0.3) is 0 Å². The molecular formula is C15H19ClO. The van der Waals surface area contributed by atoms with E-state index < -0.39 is 5.60 Å². The number of benzene rings is 1. The van der Waals surface area contributed by atoms with Gasteiger partial charge in [0.2, 0.25) is 0 Å². The van der Waals surface area contributed by atoms with Crippen LogP contribution in [0, 0.1) is 6.92 Å². The highest BCUT2D eigenvalue weighted by atomic mass is 35.5. The normalized spacial score (nSPS) is 13.7. The molecule has 0 radical (unpaired) electrons. The third-order valence-electron chi connectivity index (χ3n) is 2.85. The van der Waals surface area contributed by atoms with Crippen LogP contribution in [0.5, 0.6) is 0 Å². The van der Waals surface area contributed by atoms with Crippen molar-refractivity contribution in [3.63, 3.8) is 0 Å². The van der Waals surface area contributed by atoms with Crippen molar-refractivity contribution < 1.29 is 5.11 Å². The van der Waals surface area contributed by atoms with Gasteiger partial charge in [-0.05, 0) is 38.3 Å². The molecule has 1 nitrogen and oxygen atoms in total. The Bertz CT molecular complexity index is 423. The number of aliphatic hydroxyl groups is 1. The number of halogens is 1. The lowest BCUT2D eigenvalue weighted by atomic mass is 10.0. The van der Waals surface area contributed by atoms with E-state index in [1.54, 1.807) is 6.92 Å². The molecule has 1 atom stereocenters. The maximum absolute atomic E-state index is 9.87. The van der Waals surface area contributed by atoms with Crippen molar-refractivity contribution in [1.29, 1.82) is 0 Å². The van der Waals surface area contributed by atoms with Gasteiger partial charge in [-0.2, -0.15) is 0 Å². The monoisotopic (exact) mass is 250 g/mol. The molecule has 0 amide bonds. The summed E-state index contributed by atoms with van der Waals surface area (Å²) >= 11 is 5.99. The van der Waals surface area contributed by atoms with E-state index in [1.165, 1.54) is 11.1 Å². The summed E-state index contributed by atoms with van der Waals surface area (Å²) in [7, 11) is 0. The van der Waals surface area contributed by atoms with Crippen molar-refractivity contribution in [1.82, 2.24) is 0 Å². The van der Waals surface area contributed by atoms with Gasteiger partial charge in [-0.3, -0.25) is 0 Å². The Morgan fingerprint density at radius 1 is 1.41 bits per heavy atom. The summed E-state index contributed by atoms with van der Waals surface area (Å²) in [4.78, 5) is 0. The fraction of sp³-hybridized carbons (Fsp3) is 0.400. The summed E-state index contributed by atoms with van der Waals surface area (Å²) in [6.07, 6.45) is 3.21. The van der Waals surface area contributed by atoms with Crippen LogP contribution in [0.1, 0.15) is 31.4 Å². The van der Waals surface area contributed by atoms with Crippen LogP contribution >= 0.6 is 11.6 Å². The molecule has 1 N–H and O–H groups in total. The molecule has 0 heterocycles. The number of rotatable bonds is 4. The van der Waals surface area contributed by atoms with Gasteiger partial charge < -0.3 is 5.11 Å². The Morgan fingerprint density at radius 2 is 2.00 bits per heavy atom. The van der Waals surface area contributed by atoms with E-state index in [-0.39, 0.29) is 0 Å². The molecule has 1 aromatic rings. The van der Waals surface area contributed by atoms with E-state index in [0.717, 1.165) is 6.42 Å². The van der Waals surface area contributed by atoms with Crippen molar-refractivity contribution in [2.45, 2.75) is 39.2 Å². The van der Waals surface area contributed by atoms with Crippen molar-refractivity contribution in [3.05, 3.63) is 52.2 Å². The van der Waals surface area contributed by atoms with E-state index in [4.69, 9.17) is 11.6 Å². The summed E-state index contributed by atoms with van der Waals surface area (Å²) in [6, 6.07) is 8.33. The quantitative estimate of drug-likeness (QED) is 0.802. The van der Waals surface area contributed by atoms with Crippen LogP contribution in [-0.4, -0.2) is 10.7 Å². The second kappa shape index (κ2) is 6.07. The van der Waals surface area contributed by atoms with Crippen molar-refractivity contribution in [3.8, 4) is 0 Å². The zero-order valence-corrected chi connectivity index (χ0v) is 11.4. The van der Waals surface area contributed by atoms with Crippen LogP contribution in [-0.2, 0) is 6.42 Å². The summed E-state index contributed by atoms with van der Waals surface area (Å²) in [5.74, 6) is 0. The SMILES string of the molecule is CCC(C)(O)C(Cl)=C=CCc1ccc(C)cc1. The Labute approximate surface area is 108 Å². The number of hydrogen-bond acceptors (Lipinski definition) is 1. The van der Waals surface area contributed by atoms with Gasteiger partial charge in [-0.25, -0.2) is 0 Å². The lowest BCUT2D eigenvalue weighted by Gasteiger charge is -2.18. The first-order chi connectivity index (χ1) is 7.95. The van der Waals surface area contributed by atoms with Gasteiger partial charge >= 0.3 is 0 Å². The lowest BCUT2D eigenvalue weighted by Crippen LogP contribution is -2.22. The third-order valence-corrected chi connectivity index (χ3v) is 3.36. The lowest BCUT2D eigenvalue weighted by molar-refractivity contribution is 0.103. The van der Waals surface area contributed by atoms with Gasteiger partial charge in [-0.15, -0.1) is 5.73 Å². The molecule has 1 unspecified atom stereocenters. The molecule has 0 spiro atoms. The third kappa shape index (κ3) is 4.40. The van der Waals surface area contributed by atoms with Gasteiger partial charge in [0, 0.05) is 0 Å². The van der Waals surface area contributed by atoms with Crippen molar-refractivity contribution in [2.75, 3.05) is 0 Å². The minimum atomic E-state index is -0.967. The first kappa shape index (κ1) is 14.1. The van der Waals surface area contributed by atoms with Crippen molar-refractivity contribution >= 4 is 11.6 Å². The van der Waals surface area contributed by atoms with E-state index in [0.29, 0.717) is 11.5 Å². The largest absolute Gasteiger partial charge is 0.384 e. The minimum Gasteiger partial charge on any atom is -0.384 e.